The molecule has 0 aliphatic carbocycles. The number of aryl methyl sites for hydroxylation is 1. The maximum atomic E-state index is 5.88. The summed E-state index contributed by atoms with van der Waals surface area (Å²) in [5.74, 6) is 0. The molecule has 0 atom stereocenters. The number of nitrogens with zero attached hydrogens (tertiary/aromatic N) is 2. The molecule has 0 saturated heterocycles. The van der Waals surface area contributed by atoms with Gasteiger partial charge < -0.3 is 4.98 Å². The Morgan fingerprint density at radius 2 is 2.00 bits per heavy atom. The Bertz CT molecular complexity index is 634. The van der Waals surface area contributed by atoms with E-state index >= 15 is 0 Å². The minimum atomic E-state index is 0.747. The van der Waals surface area contributed by atoms with Crippen LogP contribution in [0.5, 0.6) is 0 Å². The van der Waals surface area contributed by atoms with Gasteiger partial charge in [0.05, 0.1) is 5.69 Å². The van der Waals surface area contributed by atoms with E-state index in [2.05, 4.69) is 10.1 Å². The molecule has 2 heterocycles. The number of benzene rings is 1. The fraction of sp³-hybridized carbons (Fsp3) is 0.0833. The van der Waals surface area contributed by atoms with Crippen molar-refractivity contribution in [2.75, 3.05) is 0 Å². The molecule has 2 aromatic heterocycles. The van der Waals surface area contributed by atoms with Gasteiger partial charge in [-0.15, -0.1) is 0 Å². The fourth-order valence-corrected chi connectivity index (χ4v) is 2.07. The summed E-state index contributed by atoms with van der Waals surface area (Å²) < 4.78 is 1.85. The van der Waals surface area contributed by atoms with Crippen LogP contribution in [0.25, 0.3) is 16.8 Å². The standard InChI is InChI=1S/C12H10ClN3/c1-8-11(9-2-4-10(13)5-3-9)12-14-6-7-16(12)15-8/h2-7,14H,1H3. The zero-order valence-corrected chi connectivity index (χ0v) is 9.49. The third-order valence-electron chi connectivity index (χ3n) is 2.65. The molecule has 1 N–H and O–H groups in total. The van der Waals surface area contributed by atoms with E-state index in [0.717, 1.165) is 27.5 Å². The van der Waals surface area contributed by atoms with Gasteiger partial charge in [-0.2, -0.15) is 5.10 Å². The minimum absolute atomic E-state index is 0.747. The van der Waals surface area contributed by atoms with Crippen molar-refractivity contribution in [2.45, 2.75) is 6.92 Å². The minimum Gasteiger partial charge on any atom is -0.345 e. The molecule has 0 aliphatic rings. The molecule has 0 saturated carbocycles. The van der Waals surface area contributed by atoms with Gasteiger partial charge in [-0.05, 0) is 24.6 Å². The van der Waals surface area contributed by atoms with Gasteiger partial charge >= 0.3 is 0 Å². The number of nitrogens with one attached hydrogen (secondary N) is 1. The van der Waals surface area contributed by atoms with Gasteiger partial charge in [-0.3, -0.25) is 0 Å². The highest BCUT2D eigenvalue weighted by Gasteiger charge is 2.11. The highest BCUT2D eigenvalue weighted by molar-refractivity contribution is 6.30. The first kappa shape index (κ1) is 9.48. The monoisotopic (exact) mass is 231 g/mol. The summed E-state index contributed by atoms with van der Waals surface area (Å²) in [6.07, 6.45) is 3.78. The SMILES string of the molecule is Cc1nn2cc[nH]c2c1-c1ccc(Cl)cc1. The van der Waals surface area contributed by atoms with Crippen molar-refractivity contribution in [3.05, 3.63) is 47.4 Å². The van der Waals surface area contributed by atoms with Crippen LogP contribution in [0.4, 0.5) is 0 Å². The topological polar surface area (TPSA) is 33.1 Å². The van der Waals surface area contributed by atoms with E-state index < -0.39 is 0 Å². The van der Waals surface area contributed by atoms with E-state index in [0.29, 0.717) is 0 Å². The van der Waals surface area contributed by atoms with Gasteiger partial charge in [0.1, 0.15) is 5.65 Å². The molecular formula is C12H10ClN3. The van der Waals surface area contributed by atoms with Crippen LogP contribution >= 0.6 is 11.6 Å². The van der Waals surface area contributed by atoms with Crippen molar-refractivity contribution >= 4 is 17.2 Å². The van der Waals surface area contributed by atoms with Gasteiger partial charge in [-0.25, -0.2) is 4.52 Å². The predicted molar refractivity (Wildman–Crippen MR) is 64.7 cm³/mol. The van der Waals surface area contributed by atoms with Gasteiger partial charge in [-0.1, -0.05) is 23.7 Å². The first-order chi connectivity index (χ1) is 7.75. The van der Waals surface area contributed by atoms with Crippen LogP contribution in [0.15, 0.2) is 36.7 Å². The Kier molecular flexibility index (Phi) is 2.01. The van der Waals surface area contributed by atoms with Crippen LogP contribution in [0.2, 0.25) is 5.02 Å². The molecule has 0 fully saturated rings. The molecule has 0 amide bonds. The summed E-state index contributed by atoms with van der Waals surface area (Å²) in [7, 11) is 0. The normalized spacial score (nSPS) is 11.1. The summed E-state index contributed by atoms with van der Waals surface area (Å²) in [5.41, 5.74) is 4.27. The molecule has 0 spiro atoms. The molecule has 4 heteroatoms. The lowest BCUT2D eigenvalue weighted by molar-refractivity contribution is 0.945. The van der Waals surface area contributed by atoms with E-state index in [4.69, 9.17) is 11.6 Å². The van der Waals surface area contributed by atoms with Gasteiger partial charge in [0.25, 0.3) is 0 Å². The first-order valence-electron chi connectivity index (χ1n) is 5.04. The number of H-pyrrole nitrogens is 1. The van der Waals surface area contributed by atoms with E-state index in [1.807, 2.05) is 48.1 Å². The van der Waals surface area contributed by atoms with Crippen molar-refractivity contribution in [3.8, 4) is 11.1 Å². The lowest BCUT2D eigenvalue weighted by Crippen LogP contribution is -1.80. The highest BCUT2D eigenvalue weighted by Crippen LogP contribution is 2.27. The van der Waals surface area contributed by atoms with Crippen LogP contribution in [0.3, 0.4) is 0 Å². The van der Waals surface area contributed by atoms with Crippen molar-refractivity contribution in [3.63, 3.8) is 0 Å². The maximum Gasteiger partial charge on any atom is 0.141 e. The van der Waals surface area contributed by atoms with E-state index in [1.165, 1.54) is 0 Å². The summed E-state index contributed by atoms with van der Waals surface area (Å²) in [6.45, 7) is 2.00. The zero-order chi connectivity index (χ0) is 11.1. The van der Waals surface area contributed by atoms with Crippen molar-refractivity contribution < 1.29 is 0 Å². The summed E-state index contributed by atoms with van der Waals surface area (Å²) in [6, 6.07) is 7.80. The molecular weight excluding hydrogens is 222 g/mol. The Labute approximate surface area is 97.7 Å². The Morgan fingerprint density at radius 3 is 2.75 bits per heavy atom. The molecule has 3 aromatic rings. The second kappa shape index (κ2) is 3.39. The van der Waals surface area contributed by atoms with Gasteiger partial charge in [0.15, 0.2) is 0 Å². The number of hydrogen-bond acceptors (Lipinski definition) is 1. The number of halogens is 1. The summed E-state index contributed by atoms with van der Waals surface area (Å²) in [5, 5.41) is 5.17. The lowest BCUT2D eigenvalue weighted by atomic mass is 10.1. The van der Waals surface area contributed by atoms with Crippen LogP contribution in [0.1, 0.15) is 5.69 Å². The molecule has 0 unspecified atom stereocenters. The average Bonchev–Trinajstić information content (AvgIpc) is 2.79. The highest BCUT2D eigenvalue weighted by atomic mass is 35.5. The quantitative estimate of drug-likeness (QED) is 0.685. The zero-order valence-electron chi connectivity index (χ0n) is 8.74. The number of rotatable bonds is 1. The molecule has 3 nitrogen and oxygen atoms in total. The van der Waals surface area contributed by atoms with Crippen LogP contribution < -0.4 is 0 Å². The Balaban J connectivity index is 2.28. The molecule has 80 valence electrons. The first-order valence-corrected chi connectivity index (χ1v) is 5.42. The molecule has 1 aromatic carbocycles. The number of aromatic nitrogens is 3. The molecule has 16 heavy (non-hydrogen) atoms. The van der Waals surface area contributed by atoms with Crippen LogP contribution in [-0.4, -0.2) is 14.6 Å². The van der Waals surface area contributed by atoms with Gasteiger partial charge in [0, 0.05) is 23.0 Å². The number of fused-ring (bicyclic) bond motifs is 1. The molecule has 0 aliphatic heterocycles. The fourth-order valence-electron chi connectivity index (χ4n) is 1.94. The van der Waals surface area contributed by atoms with Crippen LogP contribution in [0, 0.1) is 6.92 Å². The second-order valence-electron chi connectivity index (χ2n) is 3.72. The molecule has 0 radical (unpaired) electrons. The largest absolute Gasteiger partial charge is 0.345 e. The third kappa shape index (κ3) is 1.32. The average molecular weight is 232 g/mol. The number of hydrogen-bond donors (Lipinski definition) is 1. The van der Waals surface area contributed by atoms with Crippen LogP contribution in [-0.2, 0) is 0 Å². The van der Waals surface area contributed by atoms with Gasteiger partial charge in [0.2, 0.25) is 0 Å². The maximum absolute atomic E-state index is 5.88. The predicted octanol–water partition coefficient (Wildman–Crippen LogP) is 3.29. The third-order valence-corrected chi connectivity index (χ3v) is 2.91. The Morgan fingerprint density at radius 1 is 1.25 bits per heavy atom. The van der Waals surface area contributed by atoms with Crippen molar-refractivity contribution in [1.82, 2.24) is 14.6 Å². The Hall–Kier alpha value is -1.74. The number of aromatic amines is 1. The van der Waals surface area contributed by atoms with Crippen molar-refractivity contribution in [1.29, 1.82) is 0 Å². The van der Waals surface area contributed by atoms with E-state index in [-0.39, 0.29) is 0 Å². The van der Waals surface area contributed by atoms with Crippen molar-refractivity contribution in [2.24, 2.45) is 0 Å². The van der Waals surface area contributed by atoms with E-state index in [9.17, 15) is 0 Å². The lowest BCUT2D eigenvalue weighted by Gasteiger charge is -1.99. The second-order valence-corrected chi connectivity index (χ2v) is 4.16. The summed E-state index contributed by atoms with van der Waals surface area (Å²) in [4.78, 5) is 3.19. The number of imidazole rings is 1. The molecule has 3 rings (SSSR count). The molecule has 0 bridgehead atoms. The smallest absolute Gasteiger partial charge is 0.141 e. The van der Waals surface area contributed by atoms with E-state index in [1.54, 1.807) is 0 Å². The summed E-state index contributed by atoms with van der Waals surface area (Å²) >= 11 is 5.88.